The van der Waals surface area contributed by atoms with Crippen molar-refractivity contribution in [3.8, 4) is 0 Å². The van der Waals surface area contributed by atoms with Gasteiger partial charge in [-0.15, -0.1) is 0 Å². The predicted molar refractivity (Wildman–Crippen MR) is 85.0 cm³/mol. The van der Waals surface area contributed by atoms with Gasteiger partial charge in [-0.3, -0.25) is 4.90 Å². The van der Waals surface area contributed by atoms with E-state index in [0.717, 1.165) is 32.6 Å². The monoisotopic (exact) mass is 282 g/mol. The summed E-state index contributed by atoms with van der Waals surface area (Å²) >= 11 is 0. The van der Waals surface area contributed by atoms with Gasteiger partial charge in [-0.05, 0) is 52.4 Å². The zero-order chi connectivity index (χ0) is 14.9. The summed E-state index contributed by atoms with van der Waals surface area (Å²) in [6.45, 7) is 12.9. The molecule has 0 radical (unpaired) electrons. The number of likely N-dealkylation sites (tertiary alicyclic amines) is 1. The maximum absolute atomic E-state index is 10.2. The van der Waals surface area contributed by atoms with Crippen LogP contribution in [0.4, 0.5) is 0 Å². The number of β-amino-alcohol motifs (C(OH)–C–C–N with tert-alkyl or cyclic N) is 1. The van der Waals surface area contributed by atoms with Crippen LogP contribution in [0.25, 0.3) is 0 Å². The topological polar surface area (TPSA) is 35.5 Å². The molecule has 1 atom stereocenters. The largest absolute Gasteiger partial charge is 0.389 e. The summed E-state index contributed by atoms with van der Waals surface area (Å²) in [5.74, 6) is 0. The highest BCUT2D eigenvalue weighted by Crippen LogP contribution is 2.38. The summed E-state index contributed by atoms with van der Waals surface area (Å²) in [4.78, 5) is 2.50. The second kappa shape index (κ2) is 5.94. The number of aliphatic hydroxyl groups is 1. The normalized spacial score (nSPS) is 31.6. The van der Waals surface area contributed by atoms with Gasteiger partial charge in [-0.25, -0.2) is 0 Å². The lowest BCUT2D eigenvalue weighted by atomic mass is 9.73. The van der Waals surface area contributed by atoms with E-state index in [0.29, 0.717) is 5.41 Å². The van der Waals surface area contributed by atoms with Crippen LogP contribution in [-0.4, -0.2) is 47.3 Å². The van der Waals surface area contributed by atoms with Crippen molar-refractivity contribution in [2.45, 2.75) is 77.4 Å². The molecule has 0 bridgehead atoms. The molecule has 3 heteroatoms. The fourth-order valence-corrected chi connectivity index (χ4v) is 3.79. The van der Waals surface area contributed by atoms with E-state index in [1.807, 2.05) is 6.92 Å². The lowest BCUT2D eigenvalue weighted by Crippen LogP contribution is -2.49. The van der Waals surface area contributed by atoms with E-state index >= 15 is 0 Å². The average molecular weight is 282 g/mol. The van der Waals surface area contributed by atoms with E-state index in [1.165, 1.54) is 32.1 Å². The Balaban J connectivity index is 1.96. The van der Waals surface area contributed by atoms with Gasteiger partial charge in [-0.1, -0.05) is 19.3 Å². The number of rotatable bonds is 4. The Kier molecular flexibility index (Phi) is 4.83. The van der Waals surface area contributed by atoms with Crippen molar-refractivity contribution < 1.29 is 5.11 Å². The number of nitrogens with zero attached hydrogens (tertiary/aromatic N) is 1. The molecule has 20 heavy (non-hydrogen) atoms. The van der Waals surface area contributed by atoms with Gasteiger partial charge in [-0.2, -0.15) is 0 Å². The molecule has 1 heterocycles. The maximum Gasteiger partial charge on any atom is 0.0758 e. The van der Waals surface area contributed by atoms with E-state index in [1.54, 1.807) is 0 Å². The minimum Gasteiger partial charge on any atom is -0.389 e. The molecule has 0 spiro atoms. The second-order valence-electron chi connectivity index (χ2n) is 8.62. The summed E-state index contributed by atoms with van der Waals surface area (Å²) in [6, 6.07) is 0. The van der Waals surface area contributed by atoms with Crippen LogP contribution in [0, 0.1) is 5.41 Å². The van der Waals surface area contributed by atoms with E-state index in [4.69, 9.17) is 0 Å². The molecular formula is C17H34N2O. The van der Waals surface area contributed by atoms with Crippen molar-refractivity contribution in [3.63, 3.8) is 0 Å². The molecule has 0 aromatic heterocycles. The Bertz CT molecular complexity index is 313. The Hall–Kier alpha value is -0.120. The molecule has 1 aliphatic heterocycles. The molecule has 0 aromatic rings. The minimum absolute atomic E-state index is 0.195. The third-order valence-corrected chi connectivity index (χ3v) is 5.00. The SMILES string of the molecule is CC1(O)CCN(CC2(CNC(C)(C)C)CCCCC2)C1. The van der Waals surface area contributed by atoms with Crippen LogP contribution in [-0.2, 0) is 0 Å². The Labute approximate surface area is 125 Å². The van der Waals surface area contributed by atoms with E-state index < -0.39 is 5.60 Å². The predicted octanol–water partition coefficient (Wildman–Crippen LogP) is 2.78. The van der Waals surface area contributed by atoms with E-state index in [2.05, 4.69) is 31.0 Å². The number of hydrogen-bond donors (Lipinski definition) is 2. The first kappa shape index (κ1) is 16.3. The van der Waals surface area contributed by atoms with E-state index in [-0.39, 0.29) is 5.54 Å². The molecule has 0 amide bonds. The van der Waals surface area contributed by atoms with Gasteiger partial charge < -0.3 is 10.4 Å². The van der Waals surface area contributed by atoms with Crippen molar-refractivity contribution in [2.24, 2.45) is 5.41 Å². The summed E-state index contributed by atoms with van der Waals surface area (Å²) < 4.78 is 0. The van der Waals surface area contributed by atoms with Crippen LogP contribution in [0.2, 0.25) is 0 Å². The molecular weight excluding hydrogens is 248 g/mol. The zero-order valence-electron chi connectivity index (χ0n) is 14.0. The van der Waals surface area contributed by atoms with Crippen molar-refractivity contribution >= 4 is 0 Å². The van der Waals surface area contributed by atoms with Gasteiger partial charge in [0.2, 0.25) is 0 Å². The molecule has 2 fully saturated rings. The molecule has 1 aliphatic carbocycles. The van der Waals surface area contributed by atoms with Gasteiger partial charge in [0.1, 0.15) is 0 Å². The second-order valence-corrected chi connectivity index (χ2v) is 8.62. The van der Waals surface area contributed by atoms with Crippen LogP contribution in [0.5, 0.6) is 0 Å². The molecule has 2 aliphatic rings. The van der Waals surface area contributed by atoms with Gasteiger partial charge in [0, 0.05) is 31.7 Å². The Morgan fingerprint density at radius 3 is 2.25 bits per heavy atom. The molecule has 118 valence electrons. The lowest BCUT2D eigenvalue weighted by Gasteiger charge is -2.42. The standard InChI is InChI=1S/C17H34N2O/c1-15(2,3)18-12-17(8-6-5-7-9-17)14-19-11-10-16(4,20)13-19/h18,20H,5-14H2,1-4H3. The fourth-order valence-electron chi connectivity index (χ4n) is 3.79. The van der Waals surface area contributed by atoms with Crippen molar-refractivity contribution in [3.05, 3.63) is 0 Å². The van der Waals surface area contributed by atoms with Crippen molar-refractivity contribution in [1.29, 1.82) is 0 Å². The average Bonchev–Trinajstić information content (AvgIpc) is 2.67. The van der Waals surface area contributed by atoms with Gasteiger partial charge in [0.25, 0.3) is 0 Å². The molecule has 2 N–H and O–H groups in total. The highest BCUT2D eigenvalue weighted by molar-refractivity contribution is 4.94. The summed E-state index contributed by atoms with van der Waals surface area (Å²) in [7, 11) is 0. The molecule has 3 nitrogen and oxygen atoms in total. The molecule has 2 rings (SSSR count). The van der Waals surface area contributed by atoms with Crippen LogP contribution in [0.1, 0.15) is 66.2 Å². The van der Waals surface area contributed by atoms with Crippen LogP contribution >= 0.6 is 0 Å². The molecule has 1 unspecified atom stereocenters. The first-order valence-corrected chi connectivity index (χ1v) is 8.40. The summed E-state index contributed by atoms with van der Waals surface area (Å²) in [5.41, 5.74) is 0.153. The summed E-state index contributed by atoms with van der Waals surface area (Å²) in [6.07, 6.45) is 7.75. The molecule has 1 saturated heterocycles. The smallest absolute Gasteiger partial charge is 0.0758 e. The van der Waals surface area contributed by atoms with Crippen molar-refractivity contribution in [1.82, 2.24) is 10.2 Å². The first-order chi connectivity index (χ1) is 9.20. The fraction of sp³-hybridized carbons (Fsp3) is 1.00. The molecule has 1 saturated carbocycles. The van der Waals surface area contributed by atoms with E-state index in [9.17, 15) is 5.11 Å². The highest BCUT2D eigenvalue weighted by Gasteiger charge is 2.39. The maximum atomic E-state index is 10.2. The van der Waals surface area contributed by atoms with Gasteiger partial charge >= 0.3 is 0 Å². The van der Waals surface area contributed by atoms with Crippen LogP contribution < -0.4 is 5.32 Å². The number of nitrogens with one attached hydrogen (secondary N) is 1. The molecule has 0 aromatic carbocycles. The van der Waals surface area contributed by atoms with Gasteiger partial charge in [0.05, 0.1) is 5.60 Å². The highest BCUT2D eigenvalue weighted by atomic mass is 16.3. The Morgan fingerprint density at radius 2 is 1.75 bits per heavy atom. The third kappa shape index (κ3) is 4.71. The quantitative estimate of drug-likeness (QED) is 0.832. The first-order valence-electron chi connectivity index (χ1n) is 8.40. The van der Waals surface area contributed by atoms with Crippen LogP contribution in [0.15, 0.2) is 0 Å². The summed E-state index contributed by atoms with van der Waals surface area (Å²) in [5, 5.41) is 13.9. The lowest BCUT2D eigenvalue weighted by molar-refractivity contribution is 0.0525. The Morgan fingerprint density at radius 1 is 1.10 bits per heavy atom. The third-order valence-electron chi connectivity index (χ3n) is 5.00. The van der Waals surface area contributed by atoms with Gasteiger partial charge in [0.15, 0.2) is 0 Å². The number of hydrogen-bond acceptors (Lipinski definition) is 3. The van der Waals surface area contributed by atoms with Crippen molar-refractivity contribution in [2.75, 3.05) is 26.2 Å². The van der Waals surface area contributed by atoms with Crippen LogP contribution in [0.3, 0.4) is 0 Å². The zero-order valence-corrected chi connectivity index (χ0v) is 14.0. The minimum atomic E-state index is -0.465.